The summed E-state index contributed by atoms with van der Waals surface area (Å²) in [4.78, 5) is 11.7. The maximum atomic E-state index is 15.6. The van der Waals surface area contributed by atoms with Gasteiger partial charge in [0.2, 0.25) is 0 Å². The Hall–Kier alpha value is -3.17. The number of anilines is 1. The Kier molecular flexibility index (Phi) is 5.31. The van der Waals surface area contributed by atoms with E-state index in [1.54, 1.807) is 24.3 Å². The standard InChI is InChI=1S/C21H19FN2O5S/c1-28-12-15-7-8-16-10-18(29-13-14-5-3-2-4-6-14)21(20(22)17(16)9-15)24-11-19(25)23-30(24,26)27/h2-10H,11-13H2,1H3,(H,23,25). The van der Waals surface area contributed by atoms with Gasteiger partial charge in [-0.15, -0.1) is 0 Å². The number of hydrogen-bond acceptors (Lipinski definition) is 5. The number of benzene rings is 3. The topological polar surface area (TPSA) is 84.9 Å². The fourth-order valence-corrected chi connectivity index (χ4v) is 4.50. The van der Waals surface area contributed by atoms with Crippen LogP contribution in [0.4, 0.5) is 10.1 Å². The van der Waals surface area contributed by atoms with E-state index in [1.165, 1.54) is 7.11 Å². The number of hydrogen-bond donors (Lipinski definition) is 1. The van der Waals surface area contributed by atoms with Gasteiger partial charge in [-0.2, -0.15) is 8.42 Å². The van der Waals surface area contributed by atoms with E-state index in [0.717, 1.165) is 11.1 Å². The van der Waals surface area contributed by atoms with E-state index in [4.69, 9.17) is 9.47 Å². The zero-order valence-corrected chi connectivity index (χ0v) is 16.9. The molecule has 0 atom stereocenters. The van der Waals surface area contributed by atoms with Crippen molar-refractivity contribution in [2.75, 3.05) is 18.0 Å². The van der Waals surface area contributed by atoms with Gasteiger partial charge in [-0.1, -0.05) is 42.5 Å². The van der Waals surface area contributed by atoms with Gasteiger partial charge >= 0.3 is 10.2 Å². The molecule has 1 heterocycles. The molecule has 7 nitrogen and oxygen atoms in total. The second-order valence-electron chi connectivity index (χ2n) is 6.84. The minimum absolute atomic E-state index is 0.0309. The van der Waals surface area contributed by atoms with Gasteiger partial charge in [0.15, 0.2) is 5.82 Å². The molecule has 3 aromatic rings. The number of nitrogens with zero attached hydrogens (tertiary/aromatic N) is 1. The smallest absolute Gasteiger partial charge is 0.326 e. The first-order valence-electron chi connectivity index (χ1n) is 9.13. The summed E-state index contributed by atoms with van der Waals surface area (Å²) in [6.45, 7) is -0.140. The number of halogens is 1. The van der Waals surface area contributed by atoms with Crippen molar-refractivity contribution < 1.29 is 27.1 Å². The molecule has 1 aliphatic heterocycles. The zero-order chi connectivity index (χ0) is 21.3. The lowest BCUT2D eigenvalue weighted by Crippen LogP contribution is -2.30. The Morgan fingerprint density at radius 2 is 1.83 bits per heavy atom. The molecule has 1 aliphatic rings. The number of carbonyl (C=O) groups is 1. The van der Waals surface area contributed by atoms with Crippen LogP contribution in [-0.4, -0.2) is 28.0 Å². The molecule has 9 heteroatoms. The van der Waals surface area contributed by atoms with Gasteiger partial charge < -0.3 is 9.47 Å². The fraction of sp³-hybridized carbons (Fsp3) is 0.190. The molecule has 3 aromatic carbocycles. The summed E-state index contributed by atoms with van der Waals surface area (Å²) in [6, 6.07) is 15.9. The molecule has 0 aliphatic carbocycles. The summed E-state index contributed by atoms with van der Waals surface area (Å²) in [6.07, 6.45) is 0. The average Bonchev–Trinajstić information content (AvgIpc) is 2.99. The number of carbonyl (C=O) groups excluding carboxylic acids is 1. The summed E-state index contributed by atoms with van der Waals surface area (Å²) in [5.41, 5.74) is 1.26. The Balaban J connectivity index is 1.85. The maximum Gasteiger partial charge on any atom is 0.326 e. The minimum Gasteiger partial charge on any atom is -0.487 e. The SMILES string of the molecule is COCc1ccc2cc(OCc3ccccc3)c(N3CC(=O)NS3(=O)=O)c(F)c2c1. The van der Waals surface area contributed by atoms with Crippen molar-refractivity contribution in [2.24, 2.45) is 0 Å². The van der Waals surface area contributed by atoms with Crippen molar-refractivity contribution in [3.05, 3.63) is 71.5 Å². The van der Waals surface area contributed by atoms with Gasteiger partial charge in [0, 0.05) is 12.5 Å². The molecule has 0 aromatic heterocycles. The number of nitrogens with one attached hydrogen (secondary N) is 1. The lowest BCUT2D eigenvalue weighted by molar-refractivity contribution is -0.117. The molecular weight excluding hydrogens is 411 g/mol. The van der Waals surface area contributed by atoms with Gasteiger partial charge in [-0.25, -0.2) is 13.4 Å². The predicted molar refractivity (Wildman–Crippen MR) is 110 cm³/mol. The third kappa shape index (κ3) is 3.81. The number of rotatable bonds is 6. The highest BCUT2D eigenvalue weighted by molar-refractivity contribution is 7.92. The van der Waals surface area contributed by atoms with Crippen molar-refractivity contribution in [3.63, 3.8) is 0 Å². The van der Waals surface area contributed by atoms with Gasteiger partial charge in [0.25, 0.3) is 5.91 Å². The lowest BCUT2D eigenvalue weighted by Gasteiger charge is -2.21. The molecule has 1 amide bonds. The fourth-order valence-electron chi connectivity index (χ4n) is 3.34. The normalized spacial score (nSPS) is 15.4. The largest absolute Gasteiger partial charge is 0.487 e. The van der Waals surface area contributed by atoms with Crippen molar-refractivity contribution in [1.82, 2.24) is 4.72 Å². The first-order chi connectivity index (χ1) is 14.4. The molecule has 0 spiro atoms. The zero-order valence-electron chi connectivity index (χ0n) is 16.1. The molecule has 0 unspecified atom stereocenters. The highest BCUT2D eigenvalue weighted by Crippen LogP contribution is 2.39. The van der Waals surface area contributed by atoms with Crippen molar-refractivity contribution in [3.8, 4) is 5.75 Å². The van der Waals surface area contributed by atoms with Crippen LogP contribution in [0.3, 0.4) is 0 Å². The van der Waals surface area contributed by atoms with Gasteiger partial charge in [0.1, 0.15) is 24.6 Å². The molecule has 1 fully saturated rings. The Bertz CT molecular complexity index is 1220. The molecule has 0 saturated carbocycles. The number of methoxy groups -OCH3 is 1. The summed E-state index contributed by atoms with van der Waals surface area (Å²) < 4.78 is 53.9. The Morgan fingerprint density at radius 1 is 1.07 bits per heavy atom. The van der Waals surface area contributed by atoms with Crippen molar-refractivity contribution >= 4 is 32.6 Å². The van der Waals surface area contributed by atoms with Crippen LogP contribution < -0.4 is 13.8 Å². The molecule has 1 saturated heterocycles. The summed E-state index contributed by atoms with van der Waals surface area (Å²) >= 11 is 0. The van der Waals surface area contributed by atoms with E-state index in [2.05, 4.69) is 0 Å². The Labute approximate surface area is 173 Å². The highest BCUT2D eigenvalue weighted by atomic mass is 32.2. The predicted octanol–water partition coefficient (Wildman–Crippen LogP) is 2.89. The first kappa shape index (κ1) is 20.1. The second kappa shape index (κ2) is 7.92. The van der Waals surface area contributed by atoms with Crippen LogP contribution >= 0.6 is 0 Å². The van der Waals surface area contributed by atoms with Crippen LogP contribution in [0.15, 0.2) is 54.6 Å². The number of amides is 1. The average molecular weight is 430 g/mol. The second-order valence-corrected chi connectivity index (χ2v) is 8.43. The van der Waals surface area contributed by atoms with Gasteiger partial charge in [0.05, 0.1) is 6.61 Å². The lowest BCUT2D eigenvalue weighted by atomic mass is 10.0. The molecule has 1 N–H and O–H groups in total. The molecule has 0 bridgehead atoms. The van der Waals surface area contributed by atoms with Gasteiger partial charge in [-0.3, -0.25) is 4.79 Å². The first-order valence-corrected chi connectivity index (χ1v) is 10.6. The van der Waals surface area contributed by atoms with E-state index in [1.807, 2.05) is 35.1 Å². The summed E-state index contributed by atoms with van der Waals surface area (Å²) in [5, 5.41) is 0.746. The van der Waals surface area contributed by atoms with Crippen LogP contribution in [-0.2, 0) is 33.0 Å². The van der Waals surface area contributed by atoms with Gasteiger partial charge in [-0.05, 0) is 28.6 Å². The molecule has 4 rings (SSSR count). The van der Waals surface area contributed by atoms with E-state index >= 15 is 4.39 Å². The molecular formula is C21H19FN2O5S. The third-order valence-corrected chi connectivity index (χ3v) is 6.08. The van der Waals surface area contributed by atoms with E-state index < -0.39 is 28.5 Å². The maximum absolute atomic E-state index is 15.6. The van der Waals surface area contributed by atoms with E-state index in [-0.39, 0.29) is 30.0 Å². The molecule has 156 valence electrons. The minimum atomic E-state index is -4.22. The third-order valence-electron chi connectivity index (χ3n) is 4.70. The highest BCUT2D eigenvalue weighted by Gasteiger charge is 2.38. The van der Waals surface area contributed by atoms with Crippen LogP contribution in [0.1, 0.15) is 11.1 Å². The number of ether oxygens (including phenoxy) is 2. The molecule has 0 radical (unpaired) electrons. The van der Waals surface area contributed by atoms with E-state index in [9.17, 15) is 13.2 Å². The number of fused-ring (bicyclic) bond motifs is 1. The van der Waals surface area contributed by atoms with Crippen molar-refractivity contribution in [1.29, 1.82) is 0 Å². The van der Waals surface area contributed by atoms with Crippen LogP contribution in [0, 0.1) is 5.82 Å². The molecule has 30 heavy (non-hydrogen) atoms. The van der Waals surface area contributed by atoms with Crippen molar-refractivity contribution in [2.45, 2.75) is 13.2 Å². The van der Waals surface area contributed by atoms with Crippen LogP contribution in [0.2, 0.25) is 0 Å². The van der Waals surface area contributed by atoms with Crippen LogP contribution in [0.5, 0.6) is 5.75 Å². The monoisotopic (exact) mass is 430 g/mol. The Morgan fingerprint density at radius 3 is 2.50 bits per heavy atom. The van der Waals surface area contributed by atoms with Crippen LogP contribution in [0.25, 0.3) is 10.8 Å². The summed E-state index contributed by atoms with van der Waals surface area (Å²) in [7, 11) is -2.69. The van der Waals surface area contributed by atoms with E-state index in [0.29, 0.717) is 9.69 Å². The quantitative estimate of drug-likeness (QED) is 0.650. The summed E-state index contributed by atoms with van der Waals surface area (Å²) in [5.74, 6) is -1.49.